The smallest absolute Gasteiger partial charge is 0.220 e. The van der Waals surface area contributed by atoms with E-state index < -0.39 is 0 Å². The lowest BCUT2D eigenvalue weighted by Gasteiger charge is -2.23. The molecule has 0 radical (unpaired) electrons. The summed E-state index contributed by atoms with van der Waals surface area (Å²) < 4.78 is 0. The number of nitrogens with one attached hydrogen (secondary N) is 2. The molecule has 1 aromatic heterocycles. The zero-order valence-corrected chi connectivity index (χ0v) is 13.1. The van der Waals surface area contributed by atoms with E-state index >= 15 is 0 Å². The summed E-state index contributed by atoms with van der Waals surface area (Å²) in [5.41, 5.74) is 5.21. The number of alkyl halides is 1. The van der Waals surface area contributed by atoms with Gasteiger partial charge in [-0.3, -0.25) is 4.79 Å². The maximum absolute atomic E-state index is 11.8. The van der Waals surface area contributed by atoms with Crippen LogP contribution < -0.4 is 5.32 Å². The summed E-state index contributed by atoms with van der Waals surface area (Å²) in [4.78, 5) is 15.3. The van der Waals surface area contributed by atoms with Crippen molar-refractivity contribution >= 4 is 28.4 Å². The summed E-state index contributed by atoms with van der Waals surface area (Å²) >= 11 is 5.63. The van der Waals surface area contributed by atoms with E-state index in [0.717, 1.165) is 25.7 Å². The molecule has 4 heteroatoms. The molecular weight excluding hydrogens is 284 g/mol. The molecule has 2 N–H and O–H groups in total. The number of carbonyl (C=O) groups is 1. The topological polar surface area (TPSA) is 44.9 Å². The Morgan fingerprint density at radius 1 is 1.48 bits per heavy atom. The molecular formula is C17H21ClN2O. The number of hydrogen-bond donors (Lipinski definition) is 2. The molecule has 1 atom stereocenters. The molecule has 112 valence electrons. The molecule has 1 aliphatic carbocycles. The van der Waals surface area contributed by atoms with Gasteiger partial charge in [0.2, 0.25) is 5.91 Å². The van der Waals surface area contributed by atoms with Crippen molar-refractivity contribution < 1.29 is 4.79 Å². The summed E-state index contributed by atoms with van der Waals surface area (Å²) in [7, 11) is 0. The number of fused-ring (bicyclic) bond motifs is 3. The highest BCUT2D eigenvalue weighted by Crippen LogP contribution is 2.29. The fraction of sp³-hybridized carbons (Fsp3) is 0.471. The molecule has 2 aromatic rings. The lowest BCUT2D eigenvalue weighted by atomic mass is 9.91. The Hall–Kier alpha value is -1.48. The van der Waals surface area contributed by atoms with Crippen LogP contribution in [-0.4, -0.2) is 22.8 Å². The molecule has 0 aliphatic heterocycles. The first kappa shape index (κ1) is 14.5. The number of aryl methyl sites for hydroxylation is 2. The van der Waals surface area contributed by atoms with Crippen LogP contribution in [0.15, 0.2) is 18.2 Å². The van der Waals surface area contributed by atoms with Gasteiger partial charge in [-0.05, 0) is 43.9 Å². The van der Waals surface area contributed by atoms with Gasteiger partial charge in [-0.1, -0.05) is 11.6 Å². The largest absolute Gasteiger partial charge is 0.358 e. The van der Waals surface area contributed by atoms with E-state index in [2.05, 4.69) is 35.4 Å². The maximum Gasteiger partial charge on any atom is 0.220 e. The summed E-state index contributed by atoms with van der Waals surface area (Å²) in [5, 5.41) is 4.48. The summed E-state index contributed by atoms with van der Waals surface area (Å²) in [6, 6.07) is 6.78. The highest BCUT2D eigenvalue weighted by Gasteiger charge is 2.23. The molecule has 0 saturated carbocycles. The second kappa shape index (κ2) is 6.10. The predicted molar refractivity (Wildman–Crippen MR) is 86.9 cm³/mol. The molecule has 1 aliphatic rings. The summed E-state index contributed by atoms with van der Waals surface area (Å²) in [6.45, 7) is 2.13. The normalized spacial score (nSPS) is 17.7. The maximum atomic E-state index is 11.8. The van der Waals surface area contributed by atoms with Crippen LogP contribution in [-0.2, 0) is 17.6 Å². The number of aromatic amines is 1. The van der Waals surface area contributed by atoms with Gasteiger partial charge in [-0.15, -0.1) is 11.6 Å². The Morgan fingerprint density at radius 2 is 2.33 bits per heavy atom. The third-order valence-electron chi connectivity index (χ3n) is 4.25. The molecule has 1 amide bonds. The SMILES string of the molecule is Cc1ccc2[nH]c3c(c2c1)CCC(NC(=O)CCCCl)C3. The number of halogens is 1. The number of amides is 1. The van der Waals surface area contributed by atoms with Crippen LogP contribution in [0.5, 0.6) is 0 Å². The van der Waals surface area contributed by atoms with Crippen LogP contribution in [0.1, 0.15) is 36.1 Å². The zero-order chi connectivity index (χ0) is 14.8. The second-order valence-electron chi connectivity index (χ2n) is 5.93. The fourth-order valence-corrected chi connectivity index (χ4v) is 3.33. The van der Waals surface area contributed by atoms with Gasteiger partial charge in [0.05, 0.1) is 0 Å². The Balaban J connectivity index is 1.74. The van der Waals surface area contributed by atoms with Crippen LogP contribution in [0, 0.1) is 6.92 Å². The standard InChI is InChI=1S/C17H21ClN2O/c1-11-4-7-15-14(9-11)13-6-5-12(10-16(13)20-15)19-17(21)3-2-8-18/h4,7,9,12,20H,2-3,5-6,8,10H2,1H3,(H,19,21). The van der Waals surface area contributed by atoms with Gasteiger partial charge in [0.15, 0.2) is 0 Å². The number of aromatic nitrogens is 1. The molecule has 0 fully saturated rings. The van der Waals surface area contributed by atoms with Crippen molar-refractivity contribution in [1.82, 2.24) is 10.3 Å². The van der Waals surface area contributed by atoms with E-state index in [1.807, 2.05) is 0 Å². The molecule has 21 heavy (non-hydrogen) atoms. The van der Waals surface area contributed by atoms with Gasteiger partial charge in [0.25, 0.3) is 0 Å². The van der Waals surface area contributed by atoms with Crippen LogP contribution in [0.2, 0.25) is 0 Å². The molecule has 0 spiro atoms. The third-order valence-corrected chi connectivity index (χ3v) is 4.51. The average molecular weight is 305 g/mol. The molecule has 0 bridgehead atoms. The van der Waals surface area contributed by atoms with Crippen molar-refractivity contribution in [3.63, 3.8) is 0 Å². The van der Waals surface area contributed by atoms with Crippen LogP contribution in [0.3, 0.4) is 0 Å². The first-order chi connectivity index (χ1) is 10.2. The first-order valence-electron chi connectivity index (χ1n) is 7.63. The second-order valence-corrected chi connectivity index (χ2v) is 6.31. The van der Waals surface area contributed by atoms with Crippen molar-refractivity contribution in [2.75, 3.05) is 5.88 Å². The zero-order valence-electron chi connectivity index (χ0n) is 12.3. The minimum absolute atomic E-state index is 0.121. The van der Waals surface area contributed by atoms with Gasteiger partial charge in [0.1, 0.15) is 0 Å². The van der Waals surface area contributed by atoms with E-state index in [1.54, 1.807) is 0 Å². The van der Waals surface area contributed by atoms with E-state index in [9.17, 15) is 4.79 Å². The fourth-order valence-electron chi connectivity index (χ4n) is 3.19. The lowest BCUT2D eigenvalue weighted by Crippen LogP contribution is -2.38. The Labute approximate surface area is 130 Å². The average Bonchev–Trinajstić information content (AvgIpc) is 2.82. The minimum Gasteiger partial charge on any atom is -0.358 e. The van der Waals surface area contributed by atoms with Crippen molar-refractivity contribution in [3.8, 4) is 0 Å². The van der Waals surface area contributed by atoms with Crippen LogP contribution in [0.25, 0.3) is 10.9 Å². The lowest BCUT2D eigenvalue weighted by molar-refractivity contribution is -0.121. The van der Waals surface area contributed by atoms with Gasteiger partial charge < -0.3 is 10.3 Å². The van der Waals surface area contributed by atoms with Crippen molar-refractivity contribution in [2.24, 2.45) is 0 Å². The number of benzene rings is 1. The molecule has 1 heterocycles. The monoisotopic (exact) mass is 304 g/mol. The summed E-state index contributed by atoms with van der Waals surface area (Å²) in [6.07, 6.45) is 4.21. The Kier molecular flexibility index (Phi) is 4.20. The van der Waals surface area contributed by atoms with Crippen molar-refractivity contribution in [3.05, 3.63) is 35.0 Å². The number of H-pyrrole nitrogens is 1. The van der Waals surface area contributed by atoms with Gasteiger partial charge in [0, 0.05) is 41.4 Å². The third kappa shape index (κ3) is 3.08. The Morgan fingerprint density at radius 3 is 3.14 bits per heavy atom. The Bertz CT molecular complexity index is 662. The molecule has 0 saturated heterocycles. The molecule has 1 aromatic carbocycles. The molecule has 3 rings (SSSR count). The molecule has 1 unspecified atom stereocenters. The van der Waals surface area contributed by atoms with Crippen molar-refractivity contribution in [2.45, 2.75) is 45.1 Å². The van der Waals surface area contributed by atoms with Crippen LogP contribution >= 0.6 is 11.6 Å². The number of hydrogen-bond acceptors (Lipinski definition) is 1. The number of carbonyl (C=O) groups excluding carboxylic acids is 1. The van der Waals surface area contributed by atoms with Crippen LogP contribution in [0.4, 0.5) is 0 Å². The van der Waals surface area contributed by atoms with E-state index in [4.69, 9.17) is 11.6 Å². The van der Waals surface area contributed by atoms with Gasteiger partial charge >= 0.3 is 0 Å². The molecule has 3 nitrogen and oxygen atoms in total. The predicted octanol–water partition coefficient (Wildman–Crippen LogP) is 3.47. The van der Waals surface area contributed by atoms with Gasteiger partial charge in [-0.25, -0.2) is 0 Å². The summed E-state index contributed by atoms with van der Waals surface area (Å²) in [5.74, 6) is 0.667. The quantitative estimate of drug-likeness (QED) is 0.835. The minimum atomic E-state index is 0.121. The highest BCUT2D eigenvalue weighted by atomic mass is 35.5. The number of rotatable bonds is 4. The van der Waals surface area contributed by atoms with E-state index in [1.165, 1.54) is 27.7 Å². The highest BCUT2D eigenvalue weighted by molar-refractivity contribution is 6.17. The van der Waals surface area contributed by atoms with E-state index in [0.29, 0.717) is 12.3 Å². The first-order valence-corrected chi connectivity index (χ1v) is 8.16. The van der Waals surface area contributed by atoms with Crippen molar-refractivity contribution in [1.29, 1.82) is 0 Å². The van der Waals surface area contributed by atoms with E-state index in [-0.39, 0.29) is 11.9 Å². The van der Waals surface area contributed by atoms with Gasteiger partial charge in [-0.2, -0.15) is 0 Å².